The van der Waals surface area contributed by atoms with Gasteiger partial charge in [0.05, 0.1) is 22.7 Å². The number of ketones is 3. The number of aliphatic hydroxyl groups excluding tert-OH is 2. The lowest BCUT2D eigenvalue weighted by Crippen LogP contribution is -2.14. The van der Waals surface area contributed by atoms with Crippen molar-refractivity contribution in [2.24, 2.45) is 0 Å². The Balaban J connectivity index is -0.000000238. The molecule has 9 rings (SSSR count). The molecule has 8 aromatic carbocycles. The molecule has 1 aliphatic carbocycles. The van der Waals surface area contributed by atoms with Crippen LogP contribution in [0.4, 0.5) is 0 Å². The number of Topliss-reactive ketones (excluding diaryl/α,β-unsaturated/α-hetero) is 3. The molecule has 0 heterocycles. The lowest BCUT2D eigenvalue weighted by molar-refractivity contribution is 0.0600. The van der Waals surface area contributed by atoms with Gasteiger partial charge in [-0.2, -0.15) is 0 Å². The summed E-state index contributed by atoms with van der Waals surface area (Å²) in [6.07, 6.45) is 14.4. The van der Waals surface area contributed by atoms with Crippen molar-refractivity contribution >= 4 is 74.1 Å². The third kappa shape index (κ3) is 52.9. The molecule has 7 atom stereocenters. The Labute approximate surface area is 761 Å². The van der Waals surface area contributed by atoms with Crippen LogP contribution < -0.4 is 0 Å². The van der Waals surface area contributed by atoms with Gasteiger partial charge in [-0.25, -0.2) is 4.79 Å². The van der Waals surface area contributed by atoms with Crippen LogP contribution in [0.3, 0.4) is 0 Å². The van der Waals surface area contributed by atoms with Gasteiger partial charge < -0.3 is 14.9 Å². The van der Waals surface area contributed by atoms with E-state index in [2.05, 4.69) is 216 Å². The lowest BCUT2D eigenvalue weighted by atomic mass is 9.82. The third-order valence-corrected chi connectivity index (χ3v) is 21.7. The number of aryl methyl sites for hydroxylation is 1. The molecule has 678 valence electrons. The third-order valence-electron chi connectivity index (χ3n) is 20.3. The second-order valence-electron chi connectivity index (χ2n) is 28.0. The predicted octanol–water partition coefficient (Wildman–Crippen LogP) is 35.9. The summed E-state index contributed by atoms with van der Waals surface area (Å²) in [6.45, 7) is 69.9. The van der Waals surface area contributed by atoms with Gasteiger partial charge in [0.2, 0.25) is 0 Å². The second kappa shape index (κ2) is 80.9. The molecule has 7 nitrogen and oxygen atoms in total. The quantitative estimate of drug-likeness (QED) is 0.0513. The highest BCUT2D eigenvalue weighted by molar-refractivity contribution is 9.10. The van der Waals surface area contributed by atoms with Gasteiger partial charge in [0, 0.05) is 26.2 Å². The van der Waals surface area contributed by atoms with Crippen molar-refractivity contribution in [2.45, 2.75) is 359 Å². The lowest BCUT2D eigenvalue weighted by Gasteiger charge is -2.22. The van der Waals surface area contributed by atoms with Crippen molar-refractivity contribution in [1.82, 2.24) is 0 Å². The number of carbonyl (C=O) groups excluding carboxylic acids is 4. The normalized spacial score (nSPS) is 11.8. The Morgan fingerprint density at radius 1 is 0.383 bits per heavy atom. The molecule has 0 amide bonds. The van der Waals surface area contributed by atoms with Crippen molar-refractivity contribution < 1.29 is 34.1 Å². The molecule has 0 fully saturated rings. The van der Waals surface area contributed by atoms with Crippen molar-refractivity contribution in [3.05, 3.63) is 279 Å². The van der Waals surface area contributed by atoms with Gasteiger partial charge in [-0.05, 0) is 253 Å². The first-order valence-corrected chi connectivity index (χ1v) is 47.7. The van der Waals surface area contributed by atoms with E-state index in [0.29, 0.717) is 61.7 Å². The van der Waals surface area contributed by atoms with Crippen LogP contribution in [0.1, 0.15) is 438 Å². The van der Waals surface area contributed by atoms with E-state index in [0.717, 1.165) is 53.3 Å². The molecule has 0 aliphatic heterocycles. The number of ether oxygens (including phenoxy) is 1. The first-order valence-electron chi connectivity index (χ1n) is 45.8. The van der Waals surface area contributed by atoms with Crippen molar-refractivity contribution in [1.29, 1.82) is 0 Å². The van der Waals surface area contributed by atoms with E-state index in [1.165, 1.54) is 96.8 Å². The first-order chi connectivity index (χ1) is 57.5. The zero-order valence-electron chi connectivity index (χ0n) is 82.2. The van der Waals surface area contributed by atoms with Crippen LogP contribution >= 0.6 is 50.7 Å². The molecule has 2 N–H and O–H groups in total. The van der Waals surface area contributed by atoms with Gasteiger partial charge in [-0.1, -0.05) is 394 Å². The topological polar surface area (TPSA) is 118 Å². The minimum absolute atomic E-state index is 0.144. The largest absolute Gasteiger partial charge is 0.465 e. The highest BCUT2D eigenvalue weighted by Gasteiger charge is 2.19. The van der Waals surface area contributed by atoms with Crippen LogP contribution in [0, 0.1) is 0 Å². The number of esters is 1. The van der Waals surface area contributed by atoms with Crippen molar-refractivity contribution in [3.8, 4) is 0 Å². The molecule has 0 saturated carbocycles. The predicted molar refractivity (Wildman–Crippen MR) is 540 cm³/mol. The fourth-order valence-corrected chi connectivity index (χ4v) is 11.9. The summed E-state index contributed by atoms with van der Waals surface area (Å²) in [6, 6.07) is 60.3. The monoisotopic (exact) mass is 1780 g/mol. The van der Waals surface area contributed by atoms with E-state index in [1.54, 1.807) is 41.8 Å². The number of benzene rings is 8. The number of aliphatic hydroxyl groups is 2. The Bertz CT molecular complexity index is 3760. The molecule has 8 aromatic rings. The minimum atomic E-state index is -0.565. The maximum Gasteiger partial charge on any atom is 0.337 e. The standard InChI is InChI=1S/C14H18O4.C14H20.C12H16O2.C12H16O.C11H16.C10H13Br.C10H12Cl2.C10H13Cl.8C2H6/c1-4-9(2)10-5-11(13(16)8-15)7-12(6-10)14(17)18-3;1-3-11(2)13-10-6-8-12-7-4-5-9-14(12)13;1-3-9(2)10-5-4-6-11(7-10)12(14)8-13;1-4-9(2)11-6-5-7-12(8-11)10(3)13;1-4-11(2,3)10-8-6-5-7-9-10;1-3-8(2)9-5-4-6-10(11)7-9;1-3-7(2)8-4-5-9(11)10(12)6-8;1-3-8(2)9-4-6-10(11)7-5-9;8*1-2/h5-7,9,15H,4,8H2,1-3H3;6,8,10-11H,3-5,7,9H2,1-2H3;4-7,9,13H,3,8H2,1-2H3;5-9H,4H2,1-3H3;5-9H,4H2,1-3H3;4-8H,3H2,1-2H3;4-7H,3H2,1-2H3;4-8H,3H2,1-2H3;8*1-2H3. The van der Waals surface area contributed by atoms with Gasteiger partial charge >= 0.3 is 5.97 Å². The Morgan fingerprint density at radius 2 is 0.750 bits per heavy atom. The Hall–Kier alpha value is -6.49. The molecule has 0 radical (unpaired) electrons. The van der Waals surface area contributed by atoms with Crippen LogP contribution in [0.25, 0.3) is 0 Å². The maximum atomic E-state index is 11.5. The van der Waals surface area contributed by atoms with Gasteiger partial charge in [-0.15, -0.1) is 0 Å². The smallest absolute Gasteiger partial charge is 0.337 e. The van der Waals surface area contributed by atoms with Gasteiger partial charge in [0.15, 0.2) is 17.3 Å². The van der Waals surface area contributed by atoms with E-state index in [-0.39, 0.29) is 17.5 Å². The fraction of sp³-hybridized carbons (Fsp3) is 0.523. The molecule has 0 saturated heterocycles. The fourth-order valence-electron chi connectivity index (χ4n) is 11.0. The van der Waals surface area contributed by atoms with E-state index in [4.69, 9.17) is 45.0 Å². The van der Waals surface area contributed by atoms with Crippen LogP contribution in [-0.4, -0.2) is 53.9 Å². The average molecular weight is 1780 g/mol. The Kier molecular flexibility index (Phi) is 85.4. The molecule has 0 spiro atoms. The molecule has 120 heavy (non-hydrogen) atoms. The average Bonchev–Trinajstić information content (AvgIpc) is 0.822. The zero-order valence-corrected chi connectivity index (χ0v) is 86.1. The molecule has 0 bridgehead atoms. The molecular formula is C109H172BrCl3O7. The molecule has 11 heteroatoms. The first kappa shape index (κ1) is 127. The number of carbonyl (C=O) groups is 4. The number of hydrogen-bond donors (Lipinski definition) is 2. The van der Waals surface area contributed by atoms with Crippen molar-refractivity contribution in [3.63, 3.8) is 0 Å². The van der Waals surface area contributed by atoms with E-state index in [1.807, 2.05) is 191 Å². The number of rotatable bonds is 22. The van der Waals surface area contributed by atoms with Gasteiger partial charge in [0.25, 0.3) is 0 Å². The summed E-state index contributed by atoms with van der Waals surface area (Å²) in [5, 5.41) is 19.7. The van der Waals surface area contributed by atoms with E-state index in [9.17, 15) is 19.2 Å². The Morgan fingerprint density at radius 3 is 1.17 bits per heavy atom. The van der Waals surface area contributed by atoms with Gasteiger partial charge in [-0.3, -0.25) is 14.4 Å². The van der Waals surface area contributed by atoms with E-state index < -0.39 is 25.0 Å². The summed E-state index contributed by atoms with van der Waals surface area (Å²) in [5.74, 6) is 2.90. The zero-order chi connectivity index (χ0) is 94.1. The summed E-state index contributed by atoms with van der Waals surface area (Å²) < 4.78 is 5.84. The van der Waals surface area contributed by atoms with Crippen LogP contribution in [-0.2, 0) is 23.0 Å². The SMILES string of the molecule is CC.CC.CC.CC.CC.CC.CC.CC.CCC(C)(C)c1ccccc1.CCC(C)c1cc(C(=O)CO)cc(C(=O)OC)c1.CCC(C)c1ccc(Cl)c(Cl)c1.CCC(C)c1ccc(Cl)cc1.CCC(C)c1cccc(Br)c1.CCC(C)c1cccc(C(=O)CO)c1.CCC(C)c1cccc(C(C)=O)c1.CCC(C)c1cccc2c1CCCC2. The van der Waals surface area contributed by atoms with Crippen LogP contribution in [0.15, 0.2) is 186 Å². The van der Waals surface area contributed by atoms with Crippen LogP contribution in [0.2, 0.25) is 15.1 Å². The van der Waals surface area contributed by atoms with Gasteiger partial charge in [0.1, 0.15) is 13.2 Å². The molecule has 7 unspecified atom stereocenters. The summed E-state index contributed by atoms with van der Waals surface area (Å²) in [7, 11) is 1.30. The number of hydrogen-bond acceptors (Lipinski definition) is 7. The van der Waals surface area contributed by atoms with Crippen LogP contribution in [0.5, 0.6) is 0 Å². The summed E-state index contributed by atoms with van der Waals surface area (Å²) in [4.78, 5) is 45.4. The number of fused-ring (bicyclic) bond motifs is 1. The minimum Gasteiger partial charge on any atom is -0.465 e. The molecule has 1 aliphatic rings. The number of methoxy groups -OCH3 is 1. The summed E-state index contributed by atoms with van der Waals surface area (Å²) in [5.41, 5.74) is 16.1. The second-order valence-corrected chi connectivity index (χ2v) is 30.2. The maximum absolute atomic E-state index is 11.5. The highest BCUT2D eigenvalue weighted by Crippen LogP contribution is 2.33. The van der Waals surface area contributed by atoms with E-state index >= 15 is 0 Å². The number of halogens is 4. The summed E-state index contributed by atoms with van der Waals surface area (Å²) >= 11 is 20.9. The molecule has 0 aromatic heterocycles. The highest BCUT2D eigenvalue weighted by atomic mass is 79.9. The van der Waals surface area contributed by atoms with Crippen molar-refractivity contribution in [2.75, 3.05) is 20.3 Å². The molecular weight excluding hydrogens is 1610 g/mol.